The van der Waals surface area contributed by atoms with Crippen LogP contribution >= 0.6 is 24.0 Å². The lowest BCUT2D eigenvalue weighted by Gasteiger charge is -2.17. The van der Waals surface area contributed by atoms with Crippen LogP contribution in [0.2, 0.25) is 0 Å². The predicted molar refractivity (Wildman–Crippen MR) is 102 cm³/mol. The van der Waals surface area contributed by atoms with Crippen molar-refractivity contribution in [2.24, 2.45) is 4.99 Å². The quantitative estimate of drug-likeness (QED) is 0.345. The summed E-state index contributed by atoms with van der Waals surface area (Å²) in [6.07, 6.45) is -4.31. The molecular formula is C16H25F3IN3O2. The van der Waals surface area contributed by atoms with Crippen molar-refractivity contribution >= 4 is 29.9 Å². The minimum Gasteiger partial charge on any atom is -0.383 e. The van der Waals surface area contributed by atoms with Crippen molar-refractivity contribution in [3.63, 3.8) is 0 Å². The van der Waals surface area contributed by atoms with Gasteiger partial charge >= 0.3 is 6.18 Å². The van der Waals surface area contributed by atoms with Crippen molar-refractivity contribution < 1.29 is 22.6 Å². The first-order valence-corrected chi connectivity index (χ1v) is 7.52. The summed E-state index contributed by atoms with van der Waals surface area (Å²) in [6, 6.07) is 7.30. The topological polar surface area (TPSA) is 54.9 Å². The summed E-state index contributed by atoms with van der Waals surface area (Å²) in [4.78, 5) is 4.11. The van der Waals surface area contributed by atoms with E-state index in [1.165, 1.54) is 0 Å². The molecule has 0 spiro atoms. The third kappa shape index (κ3) is 11.2. The van der Waals surface area contributed by atoms with E-state index in [9.17, 15) is 13.2 Å². The fourth-order valence-corrected chi connectivity index (χ4v) is 2.02. The Hall–Kier alpha value is -1.07. The number of rotatable bonds is 8. The number of halogens is 4. The van der Waals surface area contributed by atoms with E-state index in [2.05, 4.69) is 20.4 Å². The minimum absolute atomic E-state index is 0. The predicted octanol–water partition coefficient (Wildman–Crippen LogP) is 3.08. The van der Waals surface area contributed by atoms with E-state index in [0.717, 1.165) is 5.56 Å². The Bertz CT molecular complexity index is 528. The van der Waals surface area contributed by atoms with E-state index >= 15 is 0 Å². The zero-order valence-corrected chi connectivity index (χ0v) is 16.9. The lowest BCUT2D eigenvalue weighted by atomic mass is 10.1. The number of guanidine groups is 1. The Balaban J connectivity index is 0.00000576. The highest BCUT2D eigenvalue weighted by atomic mass is 127. The maximum absolute atomic E-state index is 12.1. The average Bonchev–Trinajstić information content (AvgIpc) is 2.51. The molecule has 0 saturated carbocycles. The van der Waals surface area contributed by atoms with Gasteiger partial charge in [-0.1, -0.05) is 24.3 Å². The number of nitrogens with one attached hydrogen (secondary N) is 2. The van der Waals surface area contributed by atoms with Gasteiger partial charge in [-0.25, -0.2) is 0 Å². The molecule has 1 aromatic rings. The van der Waals surface area contributed by atoms with Gasteiger partial charge in [0.05, 0.1) is 13.2 Å². The average molecular weight is 475 g/mol. The van der Waals surface area contributed by atoms with Gasteiger partial charge < -0.3 is 20.1 Å². The molecule has 144 valence electrons. The van der Waals surface area contributed by atoms with Crippen LogP contribution in [0.5, 0.6) is 0 Å². The number of alkyl halides is 3. The zero-order chi connectivity index (χ0) is 18.0. The molecule has 25 heavy (non-hydrogen) atoms. The van der Waals surface area contributed by atoms with Crippen molar-refractivity contribution in [2.45, 2.75) is 32.3 Å². The van der Waals surface area contributed by atoms with Gasteiger partial charge in [0.1, 0.15) is 6.61 Å². The van der Waals surface area contributed by atoms with Gasteiger partial charge in [-0.2, -0.15) is 13.2 Å². The van der Waals surface area contributed by atoms with Crippen molar-refractivity contribution in [3.05, 3.63) is 35.4 Å². The van der Waals surface area contributed by atoms with Gasteiger partial charge in [0, 0.05) is 26.7 Å². The SMILES string of the molecule is CN=C(NCc1cccc(COCC(F)(F)F)c1)NC(C)COC.I. The monoisotopic (exact) mass is 475 g/mol. The highest BCUT2D eigenvalue weighted by Crippen LogP contribution is 2.16. The molecule has 1 atom stereocenters. The zero-order valence-electron chi connectivity index (χ0n) is 14.5. The number of hydrogen-bond donors (Lipinski definition) is 2. The van der Waals surface area contributed by atoms with Crippen LogP contribution < -0.4 is 10.6 Å². The van der Waals surface area contributed by atoms with E-state index in [4.69, 9.17) is 4.74 Å². The molecule has 0 aliphatic heterocycles. The number of aliphatic imine (C=N–C) groups is 1. The Morgan fingerprint density at radius 1 is 1.28 bits per heavy atom. The lowest BCUT2D eigenvalue weighted by molar-refractivity contribution is -0.176. The second kappa shape index (κ2) is 12.3. The molecule has 5 nitrogen and oxygen atoms in total. The van der Waals surface area contributed by atoms with Crippen LogP contribution in [0, 0.1) is 0 Å². The van der Waals surface area contributed by atoms with Gasteiger partial charge in [-0.05, 0) is 18.1 Å². The fraction of sp³-hybridized carbons (Fsp3) is 0.562. The van der Waals surface area contributed by atoms with Crippen molar-refractivity contribution in [1.29, 1.82) is 0 Å². The second-order valence-corrected chi connectivity index (χ2v) is 5.35. The second-order valence-electron chi connectivity index (χ2n) is 5.35. The Kier molecular flexibility index (Phi) is 11.8. The highest BCUT2D eigenvalue weighted by Gasteiger charge is 2.27. The van der Waals surface area contributed by atoms with E-state index < -0.39 is 12.8 Å². The van der Waals surface area contributed by atoms with Crippen LogP contribution in [-0.2, 0) is 22.6 Å². The molecule has 1 rings (SSSR count). The molecule has 0 aliphatic rings. The number of benzene rings is 1. The van der Waals surface area contributed by atoms with Crippen LogP contribution in [0.15, 0.2) is 29.3 Å². The molecule has 0 saturated heterocycles. The Labute approximate surface area is 163 Å². The molecule has 0 fully saturated rings. The summed E-state index contributed by atoms with van der Waals surface area (Å²) in [6.45, 7) is 1.68. The number of nitrogens with zero attached hydrogens (tertiary/aromatic N) is 1. The van der Waals surface area contributed by atoms with E-state index in [0.29, 0.717) is 24.7 Å². The summed E-state index contributed by atoms with van der Waals surface area (Å²) in [5, 5.41) is 6.31. The van der Waals surface area contributed by atoms with Crippen LogP contribution in [0.25, 0.3) is 0 Å². The van der Waals surface area contributed by atoms with Crippen LogP contribution in [0.3, 0.4) is 0 Å². The third-order valence-corrected chi connectivity index (χ3v) is 3.01. The maximum atomic E-state index is 12.1. The minimum atomic E-state index is -4.31. The summed E-state index contributed by atoms with van der Waals surface area (Å²) in [7, 11) is 3.29. The summed E-state index contributed by atoms with van der Waals surface area (Å²) in [5.41, 5.74) is 1.61. The number of hydrogen-bond acceptors (Lipinski definition) is 3. The Morgan fingerprint density at radius 2 is 1.96 bits per heavy atom. The van der Waals surface area contributed by atoms with Gasteiger partial charge in [-0.3, -0.25) is 4.99 Å². The maximum Gasteiger partial charge on any atom is 0.411 e. The Morgan fingerprint density at radius 3 is 2.56 bits per heavy atom. The first kappa shape index (κ1) is 23.9. The van der Waals surface area contributed by atoms with Gasteiger partial charge in [0.25, 0.3) is 0 Å². The van der Waals surface area contributed by atoms with E-state index in [1.54, 1.807) is 32.4 Å². The van der Waals surface area contributed by atoms with Crippen molar-refractivity contribution in [3.8, 4) is 0 Å². The molecule has 9 heteroatoms. The molecular weight excluding hydrogens is 450 g/mol. The molecule has 0 aromatic heterocycles. The van der Waals surface area contributed by atoms with Crippen LogP contribution in [-0.4, -0.2) is 45.5 Å². The van der Waals surface area contributed by atoms with Gasteiger partial charge in [-0.15, -0.1) is 24.0 Å². The molecule has 2 N–H and O–H groups in total. The van der Waals surface area contributed by atoms with E-state index in [-0.39, 0.29) is 36.6 Å². The smallest absolute Gasteiger partial charge is 0.383 e. The third-order valence-electron chi connectivity index (χ3n) is 3.01. The largest absolute Gasteiger partial charge is 0.411 e. The van der Waals surface area contributed by atoms with Crippen LogP contribution in [0.1, 0.15) is 18.1 Å². The molecule has 0 amide bonds. The summed E-state index contributed by atoms with van der Waals surface area (Å²) < 4.78 is 46.0. The molecule has 1 unspecified atom stereocenters. The number of methoxy groups -OCH3 is 1. The number of ether oxygens (including phenoxy) is 2. The summed E-state index contributed by atoms with van der Waals surface area (Å²) in [5.74, 6) is 0.623. The molecule has 0 aliphatic carbocycles. The van der Waals surface area contributed by atoms with Crippen molar-refractivity contribution in [2.75, 3.05) is 27.4 Å². The standard InChI is InChI=1S/C16H24F3N3O2.HI/c1-12(9-23-3)22-15(20-2)21-8-13-5-4-6-14(7-13)10-24-11-16(17,18)19;/h4-7,12H,8-11H2,1-3H3,(H2,20,21,22);1H. The molecule has 0 radical (unpaired) electrons. The summed E-state index contributed by atoms with van der Waals surface area (Å²) >= 11 is 0. The lowest BCUT2D eigenvalue weighted by Crippen LogP contribution is -2.43. The molecule has 1 aromatic carbocycles. The fourth-order valence-electron chi connectivity index (χ4n) is 2.02. The highest BCUT2D eigenvalue weighted by molar-refractivity contribution is 14.0. The first-order chi connectivity index (χ1) is 11.3. The van der Waals surface area contributed by atoms with Gasteiger partial charge in [0.2, 0.25) is 0 Å². The molecule has 0 heterocycles. The molecule has 0 bridgehead atoms. The van der Waals surface area contributed by atoms with Crippen LogP contribution in [0.4, 0.5) is 13.2 Å². The van der Waals surface area contributed by atoms with Crippen molar-refractivity contribution in [1.82, 2.24) is 10.6 Å². The van der Waals surface area contributed by atoms with E-state index in [1.807, 2.05) is 13.0 Å². The van der Waals surface area contributed by atoms with Gasteiger partial charge in [0.15, 0.2) is 5.96 Å². The first-order valence-electron chi connectivity index (χ1n) is 7.52. The normalized spacial score (nSPS) is 13.1.